The Hall–Kier alpha value is -3.79. The number of aromatic nitrogens is 2. The molecule has 0 aliphatic rings. The zero-order valence-corrected chi connectivity index (χ0v) is 17.6. The van der Waals surface area contributed by atoms with Crippen LogP contribution in [0.5, 0.6) is 0 Å². The Kier molecular flexibility index (Phi) is 5.15. The summed E-state index contributed by atoms with van der Waals surface area (Å²) in [4.78, 5) is 24.7. The van der Waals surface area contributed by atoms with E-state index in [1.807, 2.05) is 0 Å². The minimum absolute atomic E-state index is 0.0213. The third-order valence-corrected chi connectivity index (χ3v) is 6.34. The lowest BCUT2D eigenvalue weighted by Gasteiger charge is -2.13. The van der Waals surface area contributed by atoms with E-state index < -0.39 is 15.9 Å². The number of nitrogens with one attached hydrogen (secondary N) is 2. The normalized spacial score (nSPS) is 11.5. The van der Waals surface area contributed by atoms with E-state index in [2.05, 4.69) is 10.0 Å². The van der Waals surface area contributed by atoms with Gasteiger partial charge < -0.3 is 9.73 Å². The van der Waals surface area contributed by atoms with Gasteiger partial charge in [0.25, 0.3) is 15.9 Å². The van der Waals surface area contributed by atoms with E-state index in [0.717, 1.165) is 0 Å². The lowest BCUT2D eigenvalue weighted by Crippen LogP contribution is -2.24. The number of hydrogen-bond acceptors (Lipinski definition) is 5. The van der Waals surface area contributed by atoms with Crippen LogP contribution in [0, 0.1) is 0 Å². The van der Waals surface area contributed by atoms with Gasteiger partial charge in [0.1, 0.15) is 5.76 Å². The maximum absolute atomic E-state index is 13.0. The van der Waals surface area contributed by atoms with Crippen molar-refractivity contribution < 1.29 is 17.6 Å². The number of carbonyl (C=O) groups is 1. The number of anilines is 1. The Morgan fingerprint density at radius 2 is 1.74 bits per heavy atom. The van der Waals surface area contributed by atoms with Gasteiger partial charge in [-0.2, -0.15) is 0 Å². The van der Waals surface area contributed by atoms with E-state index >= 15 is 0 Å². The quantitative estimate of drug-likeness (QED) is 0.477. The number of para-hydroxylation sites is 1. The van der Waals surface area contributed by atoms with Gasteiger partial charge in [-0.1, -0.05) is 12.1 Å². The van der Waals surface area contributed by atoms with E-state index in [1.54, 1.807) is 44.4 Å². The number of carbonyl (C=O) groups excluding carboxylic acids is 1. The number of hydrogen-bond donors (Lipinski definition) is 2. The van der Waals surface area contributed by atoms with Crippen LogP contribution in [0.4, 0.5) is 5.69 Å². The molecule has 0 saturated heterocycles. The summed E-state index contributed by atoms with van der Waals surface area (Å²) in [6.07, 6.45) is 1.50. The fourth-order valence-electron chi connectivity index (χ4n) is 3.30. The van der Waals surface area contributed by atoms with Gasteiger partial charge in [-0.25, -0.2) is 13.2 Å². The topological polar surface area (TPSA) is 115 Å². The summed E-state index contributed by atoms with van der Waals surface area (Å²) >= 11 is 0. The van der Waals surface area contributed by atoms with Gasteiger partial charge in [0.15, 0.2) is 0 Å². The molecule has 10 heteroatoms. The summed E-state index contributed by atoms with van der Waals surface area (Å²) in [6, 6.07) is 14.2. The van der Waals surface area contributed by atoms with Crippen molar-refractivity contribution in [2.45, 2.75) is 11.4 Å². The Balaban J connectivity index is 1.63. The molecule has 0 fully saturated rings. The lowest BCUT2D eigenvalue weighted by atomic mass is 10.1. The average molecular weight is 440 g/mol. The first-order chi connectivity index (χ1) is 14.8. The van der Waals surface area contributed by atoms with Crippen molar-refractivity contribution >= 4 is 32.7 Å². The van der Waals surface area contributed by atoms with Crippen molar-refractivity contribution in [3.05, 3.63) is 82.7 Å². The highest BCUT2D eigenvalue weighted by atomic mass is 32.2. The summed E-state index contributed by atoms with van der Waals surface area (Å²) in [5, 5.41) is 2.70. The van der Waals surface area contributed by atoms with Gasteiger partial charge in [0.05, 0.1) is 40.0 Å². The molecule has 0 spiro atoms. The van der Waals surface area contributed by atoms with Crippen LogP contribution in [0.1, 0.15) is 16.1 Å². The molecule has 0 aliphatic heterocycles. The Labute approximate surface area is 178 Å². The molecule has 0 saturated carbocycles. The minimum atomic E-state index is -4.01. The average Bonchev–Trinajstić information content (AvgIpc) is 3.35. The van der Waals surface area contributed by atoms with Gasteiger partial charge in [0, 0.05) is 14.1 Å². The summed E-state index contributed by atoms with van der Waals surface area (Å²) in [7, 11) is -0.816. The molecular weight excluding hydrogens is 420 g/mol. The fourth-order valence-corrected chi connectivity index (χ4v) is 4.40. The fraction of sp³-hybridized carbons (Fsp3) is 0.143. The molecule has 4 aromatic rings. The van der Waals surface area contributed by atoms with Crippen molar-refractivity contribution in [3.8, 4) is 0 Å². The maximum Gasteiger partial charge on any atom is 0.328 e. The van der Waals surface area contributed by atoms with Crippen LogP contribution in [0.3, 0.4) is 0 Å². The number of furan rings is 1. The molecule has 160 valence electrons. The molecule has 1 amide bonds. The van der Waals surface area contributed by atoms with Gasteiger partial charge in [-0.05, 0) is 42.5 Å². The molecule has 2 N–H and O–H groups in total. The van der Waals surface area contributed by atoms with Gasteiger partial charge in [-0.15, -0.1) is 0 Å². The second-order valence-corrected chi connectivity index (χ2v) is 8.65. The van der Waals surface area contributed by atoms with Crippen LogP contribution in [0.15, 0.2) is 75.0 Å². The molecule has 9 nitrogen and oxygen atoms in total. The van der Waals surface area contributed by atoms with Crippen LogP contribution < -0.4 is 15.7 Å². The largest absolute Gasteiger partial charge is 0.467 e. The number of aryl methyl sites for hydroxylation is 2. The number of imidazole rings is 1. The highest BCUT2D eigenvalue weighted by Gasteiger charge is 2.20. The smallest absolute Gasteiger partial charge is 0.328 e. The van der Waals surface area contributed by atoms with Crippen LogP contribution in [0.25, 0.3) is 11.0 Å². The van der Waals surface area contributed by atoms with E-state index in [0.29, 0.717) is 16.8 Å². The second-order valence-electron chi connectivity index (χ2n) is 6.96. The molecule has 4 rings (SSSR count). The molecule has 0 bridgehead atoms. The molecule has 2 heterocycles. The summed E-state index contributed by atoms with van der Waals surface area (Å²) in [5.41, 5.74) is 1.16. The first-order valence-electron chi connectivity index (χ1n) is 9.36. The lowest BCUT2D eigenvalue weighted by molar-refractivity contribution is 0.0949. The Morgan fingerprint density at radius 3 is 2.48 bits per heavy atom. The van der Waals surface area contributed by atoms with Crippen LogP contribution in [0.2, 0.25) is 0 Å². The minimum Gasteiger partial charge on any atom is -0.467 e. The first-order valence-corrected chi connectivity index (χ1v) is 10.8. The number of fused-ring (bicyclic) bond motifs is 1. The van der Waals surface area contributed by atoms with Crippen molar-refractivity contribution in [2.75, 3.05) is 4.72 Å². The zero-order valence-electron chi connectivity index (χ0n) is 16.8. The molecule has 0 unspecified atom stereocenters. The number of amides is 1. The first kappa shape index (κ1) is 20.5. The highest BCUT2D eigenvalue weighted by molar-refractivity contribution is 7.92. The van der Waals surface area contributed by atoms with Crippen molar-refractivity contribution in [1.29, 1.82) is 0 Å². The van der Waals surface area contributed by atoms with Crippen LogP contribution in [-0.2, 0) is 30.7 Å². The predicted molar refractivity (Wildman–Crippen MR) is 115 cm³/mol. The summed E-state index contributed by atoms with van der Waals surface area (Å²) in [5.74, 6) is 0.129. The Bertz CT molecular complexity index is 1430. The van der Waals surface area contributed by atoms with Crippen molar-refractivity contribution in [1.82, 2.24) is 14.5 Å². The maximum atomic E-state index is 13.0. The van der Waals surface area contributed by atoms with Gasteiger partial charge in [-0.3, -0.25) is 18.7 Å². The van der Waals surface area contributed by atoms with E-state index in [1.165, 1.54) is 39.7 Å². The molecule has 2 aromatic carbocycles. The number of nitrogens with zero attached hydrogens (tertiary/aromatic N) is 2. The SMILES string of the molecule is Cn1c(=O)n(C)c2cc(S(=O)(=O)Nc3ccccc3C(=O)NCc3ccco3)ccc21. The second kappa shape index (κ2) is 7.80. The third-order valence-electron chi connectivity index (χ3n) is 4.97. The van der Waals surface area contributed by atoms with Crippen molar-refractivity contribution in [3.63, 3.8) is 0 Å². The molecule has 31 heavy (non-hydrogen) atoms. The van der Waals surface area contributed by atoms with E-state index in [-0.39, 0.29) is 28.4 Å². The molecular formula is C21H20N4O5S. The van der Waals surface area contributed by atoms with E-state index in [4.69, 9.17) is 4.42 Å². The van der Waals surface area contributed by atoms with E-state index in [9.17, 15) is 18.0 Å². The summed E-state index contributed by atoms with van der Waals surface area (Å²) < 4.78 is 36.5. The van der Waals surface area contributed by atoms with Crippen LogP contribution in [-0.4, -0.2) is 23.5 Å². The zero-order chi connectivity index (χ0) is 22.2. The predicted octanol–water partition coefficient (Wildman–Crippen LogP) is 2.20. The molecule has 0 atom stereocenters. The Morgan fingerprint density at radius 1 is 1.00 bits per heavy atom. The van der Waals surface area contributed by atoms with Crippen LogP contribution >= 0.6 is 0 Å². The standard InChI is InChI=1S/C21H20N4O5S/c1-24-18-10-9-15(12-19(18)25(2)21(24)27)31(28,29)23-17-8-4-3-7-16(17)20(26)22-13-14-6-5-11-30-14/h3-12,23H,13H2,1-2H3,(H,22,26). The number of rotatable bonds is 6. The van der Waals surface area contributed by atoms with Gasteiger partial charge in [0.2, 0.25) is 0 Å². The molecule has 0 aliphatic carbocycles. The third kappa shape index (κ3) is 3.84. The summed E-state index contributed by atoms with van der Waals surface area (Å²) in [6.45, 7) is 0.172. The highest BCUT2D eigenvalue weighted by Crippen LogP contribution is 2.23. The van der Waals surface area contributed by atoms with Crippen molar-refractivity contribution in [2.24, 2.45) is 14.1 Å². The molecule has 0 radical (unpaired) electrons. The monoisotopic (exact) mass is 440 g/mol. The van der Waals surface area contributed by atoms with Gasteiger partial charge >= 0.3 is 5.69 Å². The number of benzene rings is 2. The molecule has 2 aromatic heterocycles. The number of sulfonamides is 1.